The van der Waals surface area contributed by atoms with Crippen molar-refractivity contribution in [1.29, 1.82) is 0 Å². The van der Waals surface area contributed by atoms with E-state index in [2.05, 4.69) is 20.2 Å². The van der Waals surface area contributed by atoms with Crippen LogP contribution in [0.15, 0.2) is 30.6 Å². The number of hydrogen-bond acceptors (Lipinski definition) is 7. The van der Waals surface area contributed by atoms with Gasteiger partial charge in [-0.25, -0.2) is 9.97 Å². The molecule has 1 fully saturated rings. The average molecular weight is 370 g/mol. The second kappa shape index (κ2) is 8.43. The quantitative estimate of drug-likeness (QED) is 0.837. The summed E-state index contributed by atoms with van der Waals surface area (Å²) < 4.78 is 11.6. The van der Waals surface area contributed by atoms with E-state index in [1.807, 2.05) is 24.3 Å². The number of aliphatic hydroxyl groups excluding tert-OH is 1. The molecule has 7 heteroatoms. The van der Waals surface area contributed by atoms with E-state index in [1.54, 1.807) is 6.33 Å². The fourth-order valence-electron chi connectivity index (χ4n) is 3.62. The summed E-state index contributed by atoms with van der Waals surface area (Å²) in [4.78, 5) is 11.0. The molecule has 0 amide bonds. The van der Waals surface area contributed by atoms with Crippen LogP contribution in [0.3, 0.4) is 0 Å². The highest BCUT2D eigenvalue weighted by atomic mass is 16.5. The predicted molar refractivity (Wildman–Crippen MR) is 103 cm³/mol. The molecular weight excluding hydrogens is 344 g/mol. The van der Waals surface area contributed by atoms with Gasteiger partial charge in [-0.15, -0.1) is 0 Å². The normalized spacial score (nSPS) is 19.4. The van der Waals surface area contributed by atoms with Crippen molar-refractivity contribution in [3.05, 3.63) is 36.2 Å². The fourth-order valence-corrected chi connectivity index (χ4v) is 3.62. The molecule has 4 rings (SSSR count). The summed E-state index contributed by atoms with van der Waals surface area (Å²) in [7, 11) is 0. The molecule has 2 aliphatic rings. The van der Waals surface area contributed by atoms with Crippen LogP contribution in [0.1, 0.15) is 24.8 Å². The lowest BCUT2D eigenvalue weighted by molar-refractivity contribution is 0.208. The van der Waals surface area contributed by atoms with E-state index in [-0.39, 0.29) is 6.61 Å². The maximum Gasteiger partial charge on any atom is 0.166 e. The lowest BCUT2D eigenvalue weighted by atomic mass is 9.99. The Morgan fingerprint density at radius 3 is 3.04 bits per heavy atom. The molecule has 3 heterocycles. The second-order valence-electron chi connectivity index (χ2n) is 7.05. The van der Waals surface area contributed by atoms with Crippen molar-refractivity contribution in [2.45, 2.75) is 25.8 Å². The molecule has 2 aromatic rings. The maximum absolute atomic E-state index is 9.44. The molecule has 27 heavy (non-hydrogen) atoms. The second-order valence-corrected chi connectivity index (χ2v) is 7.05. The topological polar surface area (TPSA) is 79.7 Å². The maximum atomic E-state index is 9.44. The zero-order chi connectivity index (χ0) is 18.5. The largest absolute Gasteiger partial charge is 0.490 e. The van der Waals surface area contributed by atoms with Gasteiger partial charge in [0.05, 0.1) is 13.2 Å². The highest BCUT2D eigenvalue weighted by Gasteiger charge is 2.20. The van der Waals surface area contributed by atoms with Crippen molar-refractivity contribution in [3.63, 3.8) is 0 Å². The van der Waals surface area contributed by atoms with Gasteiger partial charge in [0.1, 0.15) is 18.0 Å². The van der Waals surface area contributed by atoms with Crippen molar-refractivity contribution in [1.82, 2.24) is 9.97 Å². The Bertz CT molecular complexity index is 771. The number of aromatic nitrogens is 2. The number of hydrogen-bond donors (Lipinski definition) is 2. The van der Waals surface area contributed by atoms with E-state index in [1.165, 1.54) is 0 Å². The number of nitrogens with one attached hydrogen (secondary N) is 1. The molecule has 7 nitrogen and oxygen atoms in total. The molecule has 1 aromatic heterocycles. The summed E-state index contributed by atoms with van der Waals surface area (Å²) >= 11 is 0. The lowest BCUT2D eigenvalue weighted by Gasteiger charge is -2.32. The number of fused-ring (bicyclic) bond motifs is 1. The Kier molecular flexibility index (Phi) is 5.58. The molecule has 1 aromatic carbocycles. The number of piperidine rings is 1. The van der Waals surface area contributed by atoms with E-state index in [4.69, 9.17) is 9.47 Å². The van der Waals surface area contributed by atoms with Gasteiger partial charge in [-0.2, -0.15) is 0 Å². The number of rotatable bonds is 5. The first-order valence-corrected chi connectivity index (χ1v) is 9.62. The highest BCUT2D eigenvalue weighted by molar-refractivity contribution is 5.51. The zero-order valence-corrected chi connectivity index (χ0v) is 15.4. The Balaban J connectivity index is 1.45. The molecule has 1 unspecified atom stereocenters. The van der Waals surface area contributed by atoms with Crippen molar-refractivity contribution < 1.29 is 14.6 Å². The van der Waals surface area contributed by atoms with Crippen LogP contribution in [-0.2, 0) is 6.54 Å². The summed E-state index contributed by atoms with van der Waals surface area (Å²) in [5.41, 5.74) is 1.05. The Labute approximate surface area is 159 Å². The third kappa shape index (κ3) is 4.24. The van der Waals surface area contributed by atoms with Crippen LogP contribution in [0, 0.1) is 5.92 Å². The van der Waals surface area contributed by atoms with Crippen molar-refractivity contribution in [2.75, 3.05) is 43.1 Å². The Morgan fingerprint density at radius 2 is 2.11 bits per heavy atom. The SMILES string of the molecule is OCC1CCCN(c2cc(NCc3cccc4c3OCCCO4)ncn2)C1. The molecule has 0 radical (unpaired) electrons. The number of benzene rings is 1. The van der Waals surface area contributed by atoms with Gasteiger partial charge in [0, 0.05) is 44.3 Å². The van der Waals surface area contributed by atoms with Crippen LogP contribution >= 0.6 is 0 Å². The smallest absolute Gasteiger partial charge is 0.166 e. The average Bonchev–Trinajstić information content (AvgIpc) is 2.98. The minimum atomic E-state index is 0.230. The minimum absolute atomic E-state index is 0.230. The summed E-state index contributed by atoms with van der Waals surface area (Å²) in [6.45, 7) is 3.98. The fraction of sp³-hybridized carbons (Fsp3) is 0.500. The zero-order valence-electron chi connectivity index (χ0n) is 15.4. The summed E-state index contributed by atoms with van der Waals surface area (Å²) in [5.74, 6) is 3.62. The Hall–Kier alpha value is -2.54. The molecule has 0 spiro atoms. The number of anilines is 2. The van der Waals surface area contributed by atoms with E-state index < -0.39 is 0 Å². The van der Waals surface area contributed by atoms with Gasteiger partial charge in [0.2, 0.25) is 0 Å². The molecule has 1 atom stereocenters. The van der Waals surface area contributed by atoms with Crippen LogP contribution in [0.4, 0.5) is 11.6 Å². The number of ether oxygens (including phenoxy) is 2. The van der Waals surface area contributed by atoms with E-state index in [9.17, 15) is 5.11 Å². The third-order valence-electron chi connectivity index (χ3n) is 5.07. The van der Waals surface area contributed by atoms with Gasteiger partial charge in [-0.05, 0) is 24.8 Å². The van der Waals surface area contributed by atoms with E-state index >= 15 is 0 Å². The van der Waals surface area contributed by atoms with Gasteiger partial charge >= 0.3 is 0 Å². The molecule has 1 saturated heterocycles. The molecule has 0 saturated carbocycles. The van der Waals surface area contributed by atoms with Crippen molar-refractivity contribution >= 4 is 11.6 Å². The predicted octanol–water partition coefficient (Wildman–Crippen LogP) is 2.46. The van der Waals surface area contributed by atoms with Gasteiger partial charge < -0.3 is 24.8 Å². The first kappa shape index (κ1) is 17.9. The highest BCUT2D eigenvalue weighted by Crippen LogP contribution is 2.33. The summed E-state index contributed by atoms with van der Waals surface area (Å²) in [5, 5.41) is 12.8. The number of aliphatic hydroxyl groups is 1. The van der Waals surface area contributed by atoms with E-state index in [0.29, 0.717) is 25.7 Å². The first-order valence-electron chi connectivity index (χ1n) is 9.62. The van der Waals surface area contributed by atoms with Crippen LogP contribution in [-0.4, -0.2) is 48.0 Å². The molecule has 0 bridgehead atoms. The van der Waals surface area contributed by atoms with Crippen LogP contribution in [0.5, 0.6) is 11.5 Å². The molecule has 2 aliphatic heterocycles. The summed E-state index contributed by atoms with van der Waals surface area (Å²) in [6, 6.07) is 7.94. The number of nitrogens with zero attached hydrogens (tertiary/aromatic N) is 3. The molecule has 2 N–H and O–H groups in total. The lowest BCUT2D eigenvalue weighted by Crippen LogP contribution is -2.37. The van der Waals surface area contributed by atoms with Gasteiger partial charge in [0.25, 0.3) is 0 Å². The first-order chi connectivity index (χ1) is 13.3. The standard InChI is InChI=1S/C20H26N4O3/c25-13-15-4-2-7-24(12-15)19-10-18(22-14-23-19)21-11-16-5-1-6-17-20(16)27-9-3-8-26-17/h1,5-6,10,14-15,25H,2-4,7-9,11-13H2,(H,21,22,23). The van der Waals surface area contributed by atoms with Crippen molar-refractivity contribution in [2.24, 2.45) is 5.92 Å². The number of para-hydroxylation sites is 1. The van der Waals surface area contributed by atoms with Crippen LogP contribution < -0.4 is 19.7 Å². The van der Waals surface area contributed by atoms with Gasteiger partial charge in [0.15, 0.2) is 11.5 Å². The third-order valence-corrected chi connectivity index (χ3v) is 5.07. The van der Waals surface area contributed by atoms with Crippen LogP contribution in [0.25, 0.3) is 0 Å². The van der Waals surface area contributed by atoms with E-state index in [0.717, 1.165) is 61.1 Å². The minimum Gasteiger partial charge on any atom is -0.490 e. The monoisotopic (exact) mass is 370 g/mol. The molecule has 144 valence electrons. The van der Waals surface area contributed by atoms with Gasteiger partial charge in [-0.1, -0.05) is 12.1 Å². The Morgan fingerprint density at radius 1 is 1.19 bits per heavy atom. The van der Waals surface area contributed by atoms with Crippen molar-refractivity contribution in [3.8, 4) is 11.5 Å². The van der Waals surface area contributed by atoms with Gasteiger partial charge in [-0.3, -0.25) is 0 Å². The molecular formula is C20H26N4O3. The molecule has 0 aliphatic carbocycles. The summed E-state index contributed by atoms with van der Waals surface area (Å²) in [6.07, 6.45) is 4.63. The van der Waals surface area contributed by atoms with Crippen LogP contribution in [0.2, 0.25) is 0 Å².